The molecule has 0 aliphatic rings. The first-order chi connectivity index (χ1) is 8.74. The topological polar surface area (TPSA) is 12.0 Å². The average Bonchev–Trinajstić information content (AvgIpc) is 2.35. The molecule has 0 saturated carbocycles. The third kappa shape index (κ3) is 3.93. The van der Waals surface area contributed by atoms with Gasteiger partial charge in [0.2, 0.25) is 0 Å². The Morgan fingerprint density at radius 1 is 0.833 bits per heavy atom. The van der Waals surface area contributed by atoms with E-state index in [0.29, 0.717) is 18.5 Å². The van der Waals surface area contributed by atoms with Crippen LogP contribution in [0.25, 0.3) is 0 Å². The van der Waals surface area contributed by atoms with Crippen molar-refractivity contribution in [1.29, 1.82) is 0 Å². The van der Waals surface area contributed by atoms with E-state index in [1.165, 1.54) is 17.7 Å². The smallest absolute Gasteiger partial charge is 0.126 e. The van der Waals surface area contributed by atoms with Crippen molar-refractivity contribution in [2.24, 2.45) is 0 Å². The van der Waals surface area contributed by atoms with Crippen LogP contribution in [0, 0.1) is 11.6 Å². The van der Waals surface area contributed by atoms with Crippen LogP contribution in [0.1, 0.15) is 11.1 Å². The maximum absolute atomic E-state index is 12.9. The van der Waals surface area contributed by atoms with Crippen LogP contribution < -0.4 is 5.32 Å². The minimum absolute atomic E-state index is 0.520. The van der Waals surface area contributed by atoms with E-state index in [9.17, 15) is 8.78 Å². The third-order valence-electron chi connectivity index (χ3n) is 2.68. The molecule has 1 N–H and O–H groups in total. The Labute approximate surface area is 105 Å². The number of halogens is 2. The Bertz CT molecular complexity index is 477. The van der Waals surface area contributed by atoms with Crippen LogP contribution in [0.3, 0.4) is 0 Å². The van der Waals surface area contributed by atoms with Crippen LogP contribution in [-0.4, -0.2) is 6.54 Å². The summed E-state index contributed by atoms with van der Waals surface area (Å²) >= 11 is 0. The molecule has 1 nitrogen and oxygen atoms in total. The van der Waals surface area contributed by atoms with Crippen LogP contribution in [-0.2, 0) is 13.0 Å². The van der Waals surface area contributed by atoms with Crippen LogP contribution in [0.4, 0.5) is 8.78 Å². The van der Waals surface area contributed by atoms with E-state index >= 15 is 0 Å². The summed E-state index contributed by atoms with van der Waals surface area (Å²) < 4.78 is 25.9. The molecular weight excluding hydrogens is 232 g/mol. The molecule has 2 aromatic carbocycles. The van der Waals surface area contributed by atoms with Gasteiger partial charge >= 0.3 is 0 Å². The molecule has 0 radical (unpaired) electrons. The quantitative estimate of drug-likeness (QED) is 0.799. The summed E-state index contributed by atoms with van der Waals surface area (Å²) in [6, 6.07) is 13.6. The highest BCUT2D eigenvalue weighted by molar-refractivity contribution is 5.18. The van der Waals surface area contributed by atoms with Gasteiger partial charge in [0, 0.05) is 12.6 Å². The van der Waals surface area contributed by atoms with E-state index in [0.717, 1.165) is 12.6 Å². The van der Waals surface area contributed by atoms with Crippen LogP contribution in [0.15, 0.2) is 48.5 Å². The molecule has 2 aromatic rings. The average molecular weight is 247 g/mol. The minimum Gasteiger partial charge on any atom is -0.312 e. The second kappa shape index (κ2) is 6.26. The molecule has 0 aromatic heterocycles. The van der Waals surface area contributed by atoms with Crippen molar-refractivity contribution < 1.29 is 8.78 Å². The zero-order valence-electron chi connectivity index (χ0n) is 10.00. The molecule has 0 amide bonds. The second-order valence-electron chi connectivity index (χ2n) is 4.19. The third-order valence-corrected chi connectivity index (χ3v) is 2.68. The lowest BCUT2D eigenvalue weighted by molar-refractivity contribution is 0.577. The summed E-state index contributed by atoms with van der Waals surface area (Å²) in [5.41, 5.74) is 1.87. The highest BCUT2D eigenvalue weighted by atomic mass is 19.1. The largest absolute Gasteiger partial charge is 0.312 e. The summed E-state index contributed by atoms with van der Waals surface area (Å²) in [4.78, 5) is 0. The van der Waals surface area contributed by atoms with Gasteiger partial charge in [-0.2, -0.15) is 0 Å². The lowest BCUT2D eigenvalue weighted by Crippen LogP contribution is -2.16. The highest BCUT2D eigenvalue weighted by Crippen LogP contribution is 2.08. The van der Waals surface area contributed by atoms with Crippen molar-refractivity contribution in [3.8, 4) is 0 Å². The standard InChI is InChI=1S/C15H15F2N/c16-14-8-13(9-15(17)10-14)6-7-18-11-12-4-2-1-3-5-12/h1-5,8-10,18H,6-7,11H2. The first kappa shape index (κ1) is 12.7. The van der Waals surface area contributed by atoms with Crippen molar-refractivity contribution in [2.75, 3.05) is 6.54 Å². The molecule has 0 aliphatic carbocycles. The fourth-order valence-corrected chi connectivity index (χ4v) is 1.82. The van der Waals surface area contributed by atoms with Gasteiger partial charge in [0.1, 0.15) is 11.6 Å². The lowest BCUT2D eigenvalue weighted by atomic mass is 10.1. The van der Waals surface area contributed by atoms with Gasteiger partial charge in [-0.1, -0.05) is 30.3 Å². The van der Waals surface area contributed by atoms with E-state index in [1.54, 1.807) is 0 Å². The molecule has 0 aliphatic heterocycles. The number of benzene rings is 2. The molecule has 18 heavy (non-hydrogen) atoms. The van der Waals surface area contributed by atoms with Crippen molar-refractivity contribution >= 4 is 0 Å². The van der Waals surface area contributed by atoms with Crippen LogP contribution in [0.2, 0.25) is 0 Å². The Morgan fingerprint density at radius 2 is 1.50 bits per heavy atom. The fourth-order valence-electron chi connectivity index (χ4n) is 1.82. The fraction of sp³-hybridized carbons (Fsp3) is 0.200. The Kier molecular flexibility index (Phi) is 4.42. The molecule has 94 valence electrons. The molecule has 0 fully saturated rings. The number of hydrogen-bond donors (Lipinski definition) is 1. The monoisotopic (exact) mass is 247 g/mol. The van der Waals surface area contributed by atoms with E-state index < -0.39 is 11.6 Å². The summed E-state index contributed by atoms with van der Waals surface area (Å²) in [7, 11) is 0. The molecule has 0 atom stereocenters. The zero-order chi connectivity index (χ0) is 12.8. The summed E-state index contributed by atoms with van der Waals surface area (Å²) in [6.07, 6.45) is 0.613. The van der Waals surface area contributed by atoms with Crippen molar-refractivity contribution in [3.63, 3.8) is 0 Å². The molecule has 0 heterocycles. The van der Waals surface area contributed by atoms with Crippen LogP contribution in [0.5, 0.6) is 0 Å². The predicted octanol–water partition coefficient (Wildman–Crippen LogP) is 3.30. The molecule has 3 heteroatoms. The highest BCUT2D eigenvalue weighted by Gasteiger charge is 2.00. The van der Waals surface area contributed by atoms with E-state index in [4.69, 9.17) is 0 Å². The zero-order valence-corrected chi connectivity index (χ0v) is 10.00. The number of nitrogens with one attached hydrogen (secondary N) is 1. The normalized spacial score (nSPS) is 10.6. The minimum atomic E-state index is -0.520. The van der Waals surface area contributed by atoms with Gasteiger partial charge in [0.25, 0.3) is 0 Å². The number of rotatable bonds is 5. The second-order valence-corrected chi connectivity index (χ2v) is 4.19. The van der Waals surface area contributed by atoms with Gasteiger partial charge in [0.15, 0.2) is 0 Å². The van der Waals surface area contributed by atoms with E-state index in [-0.39, 0.29) is 0 Å². The van der Waals surface area contributed by atoms with Gasteiger partial charge in [-0.05, 0) is 36.2 Å². The summed E-state index contributed by atoms with van der Waals surface area (Å²) in [5, 5.41) is 3.24. The SMILES string of the molecule is Fc1cc(F)cc(CCNCc2ccccc2)c1. The molecular formula is C15H15F2N. The maximum Gasteiger partial charge on any atom is 0.126 e. The van der Waals surface area contributed by atoms with E-state index in [2.05, 4.69) is 5.32 Å². The Balaban J connectivity index is 1.78. The van der Waals surface area contributed by atoms with Gasteiger partial charge in [0.05, 0.1) is 0 Å². The molecule has 0 saturated heterocycles. The Morgan fingerprint density at radius 3 is 2.17 bits per heavy atom. The summed E-state index contributed by atoms with van der Waals surface area (Å²) in [6.45, 7) is 1.45. The van der Waals surface area contributed by atoms with Crippen LogP contribution >= 0.6 is 0 Å². The Hall–Kier alpha value is -1.74. The van der Waals surface area contributed by atoms with Crippen molar-refractivity contribution in [1.82, 2.24) is 5.32 Å². The van der Waals surface area contributed by atoms with E-state index in [1.807, 2.05) is 30.3 Å². The molecule has 0 bridgehead atoms. The molecule has 0 spiro atoms. The predicted molar refractivity (Wildman–Crippen MR) is 68.2 cm³/mol. The van der Waals surface area contributed by atoms with Gasteiger partial charge in [-0.3, -0.25) is 0 Å². The van der Waals surface area contributed by atoms with Gasteiger partial charge in [-0.25, -0.2) is 8.78 Å². The maximum atomic E-state index is 12.9. The van der Waals surface area contributed by atoms with Crippen molar-refractivity contribution in [2.45, 2.75) is 13.0 Å². The first-order valence-electron chi connectivity index (χ1n) is 5.93. The first-order valence-corrected chi connectivity index (χ1v) is 5.93. The van der Waals surface area contributed by atoms with Gasteiger partial charge < -0.3 is 5.32 Å². The number of hydrogen-bond acceptors (Lipinski definition) is 1. The summed E-state index contributed by atoms with van der Waals surface area (Å²) in [5.74, 6) is -1.04. The van der Waals surface area contributed by atoms with Gasteiger partial charge in [-0.15, -0.1) is 0 Å². The molecule has 0 unspecified atom stereocenters. The molecule has 2 rings (SSSR count). The lowest BCUT2D eigenvalue weighted by Gasteiger charge is -2.05. The van der Waals surface area contributed by atoms with Crippen molar-refractivity contribution in [3.05, 3.63) is 71.3 Å².